The SMILES string of the molecule is CC(C)c1nc(C(=O)N2CCOC3(CCN(CCc4cccc(CCOCCC(=O)N(CCNCCc5ccc(O)c6c5OCC(=O)N6)Cc5ccccc5)c4)CC3)C2)cs1.O=C(O)C(F)(F)F.O=C(O)C(F)(F)F. The molecule has 0 aliphatic carbocycles. The molecule has 5 N–H and O–H groups in total. The molecule has 0 bridgehead atoms. The van der Waals surface area contributed by atoms with Gasteiger partial charge in [-0.1, -0.05) is 74.5 Å². The Labute approximate surface area is 433 Å². The zero-order valence-electron chi connectivity index (χ0n) is 41.5. The molecule has 1 aromatic heterocycles. The lowest BCUT2D eigenvalue weighted by Gasteiger charge is -2.47. The molecule has 1 spiro atoms. The van der Waals surface area contributed by atoms with Crippen LogP contribution < -0.4 is 15.4 Å². The molecule has 410 valence electrons. The van der Waals surface area contributed by atoms with E-state index < -0.39 is 24.3 Å². The second kappa shape index (κ2) is 28.0. The van der Waals surface area contributed by atoms with Gasteiger partial charge in [0.05, 0.1) is 43.4 Å². The van der Waals surface area contributed by atoms with Crippen LogP contribution in [0.2, 0.25) is 0 Å². The summed E-state index contributed by atoms with van der Waals surface area (Å²) in [6.45, 7) is 12.0. The average Bonchev–Trinajstić information content (AvgIpc) is 3.88. The molecule has 2 saturated heterocycles. The number of morpholine rings is 1. The number of likely N-dealkylation sites (tertiary alicyclic amines) is 1. The molecular weight excluding hydrogens is 1020 g/mol. The number of rotatable bonds is 19. The van der Waals surface area contributed by atoms with Crippen molar-refractivity contribution in [1.82, 2.24) is 25.0 Å². The number of ether oxygens (including phenoxy) is 3. The van der Waals surface area contributed by atoms with Crippen LogP contribution in [0.3, 0.4) is 0 Å². The number of aromatic hydroxyl groups is 1. The van der Waals surface area contributed by atoms with Crippen LogP contribution in [0.25, 0.3) is 0 Å². The standard InChI is InChI=1S/C47H60N6O7S.2C2HF3O2/c1-34(2)45-49-39(32-61-45)46(57)53-25-28-60-47(33-53)17-22-51(23-18-47)21-14-35-9-6-10-36(29-35)15-26-58-27-16-42(56)52(30-37-7-4-3-5-8-37)24-20-48-19-13-38-11-12-40(54)43-44(38)59-31-41(55)50-43;2*3-2(4,5)1(6)7/h3-12,29,32,34,48,54H,13-28,30-31,33H2,1-2H3,(H,50,55);2*(H,6,7). The van der Waals surface area contributed by atoms with Gasteiger partial charge in [0, 0.05) is 57.1 Å². The number of anilines is 1. The molecule has 3 aliphatic heterocycles. The van der Waals surface area contributed by atoms with E-state index in [4.69, 9.17) is 34.0 Å². The molecular formula is C51H62F6N6O11S. The fourth-order valence-corrected chi connectivity index (χ4v) is 9.03. The third-order valence-electron chi connectivity index (χ3n) is 12.3. The lowest BCUT2D eigenvalue weighted by atomic mass is 9.89. The number of benzene rings is 3. The maximum atomic E-state index is 13.4. The van der Waals surface area contributed by atoms with E-state index in [1.165, 1.54) is 11.1 Å². The van der Waals surface area contributed by atoms with Gasteiger partial charge in [0.1, 0.15) is 17.1 Å². The zero-order chi connectivity index (χ0) is 54.8. The molecule has 0 saturated carbocycles. The molecule has 3 aliphatic rings. The number of hydrogen-bond donors (Lipinski definition) is 5. The highest BCUT2D eigenvalue weighted by atomic mass is 32.1. The Bertz CT molecular complexity index is 2500. The summed E-state index contributed by atoms with van der Waals surface area (Å²) in [5.74, 6) is -4.94. The van der Waals surface area contributed by atoms with Crippen molar-refractivity contribution in [2.24, 2.45) is 0 Å². The topological polar surface area (TPSA) is 220 Å². The Morgan fingerprint density at radius 3 is 2.17 bits per heavy atom. The van der Waals surface area contributed by atoms with Crippen molar-refractivity contribution in [3.8, 4) is 11.5 Å². The van der Waals surface area contributed by atoms with Crippen molar-refractivity contribution in [2.75, 3.05) is 84.1 Å². The number of fused-ring (bicyclic) bond motifs is 1. The second-order valence-corrected chi connectivity index (χ2v) is 19.1. The van der Waals surface area contributed by atoms with E-state index in [2.05, 4.69) is 58.6 Å². The molecule has 17 nitrogen and oxygen atoms in total. The number of hydrogen-bond acceptors (Lipinski definition) is 13. The van der Waals surface area contributed by atoms with Gasteiger partial charge in [-0.3, -0.25) is 14.4 Å². The van der Waals surface area contributed by atoms with Gasteiger partial charge < -0.3 is 54.9 Å². The van der Waals surface area contributed by atoms with Crippen molar-refractivity contribution < 1.29 is 79.8 Å². The van der Waals surface area contributed by atoms with Crippen LogP contribution in [0.15, 0.2) is 72.1 Å². The minimum Gasteiger partial charge on any atom is -0.506 e. The smallest absolute Gasteiger partial charge is 0.490 e. The van der Waals surface area contributed by atoms with Gasteiger partial charge in [-0.05, 0) is 67.0 Å². The number of nitrogens with zero attached hydrogens (tertiary/aromatic N) is 4. The number of thiazole rings is 1. The summed E-state index contributed by atoms with van der Waals surface area (Å²) in [7, 11) is 0. The number of alkyl halides is 6. The van der Waals surface area contributed by atoms with Crippen molar-refractivity contribution >= 4 is 46.7 Å². The van der Waals surface area contributed by atoms with E-state index in [0.29, 0.717) is 95.0 Å². The molecule has 24 heteroatoms. The largest absolute Gasteiger partial charge is 0.506 e. The van der Waals surface area contributed by atoms with E-state index in [0.717, 1.165) is 61.5 Å². The number of halogens is 6. The van der Waals surface area contributed by atoms with Crippen LogP contribution in [0, 0.1) is 0 Å². The Morgan fingerprint density at radius 2 is 1.53 bits per heavy atom. The van der Waals surface area contributed by atoms with Crippen LogP contribution in [-0.4, -0.2) is 161 Å². The van der Waals surface area contributed by atoms with Gasteiger partial charge in [-0.25, -0.2) is 14.6 Å². The number of aromatic nitrogens is 1. The number of amides is 3. The summed E-state index contributed by atoms with van der Waals surface area (Å²) in [6, 6.07) is 22.1. The number of aliphatic carboxylic acids is 2. The number of carbonyl (C=O) groups is 5. The average molecular weight is 1080 g/mol. The molecule has 75 heavy (non-hydrogen) atoms. The molecule has 7 rings (SSSR count). The maximum absolute atomic E-state index is 13.4. The number of phenols is 1. The number of carboxylic acid groups (broad SMARTS) is 2. The van der Waals surface area contributed by atoms with E-state index in [1.807, 2.05) is 45.5 Å². The number of carbonyl (C=O) groups excluding carboxylic acids is 3. The minimum atomic E-state index is -5.08. The van der Waals surface area contributed by atoms with E-state index >= 15 is 0 Å². The Balaban J connectivity index is 0.000000653. The fourth-order valence-electron chi connectivity index (χ4n) is 8.22. The summed E-state index contributed by atoms with van der Waals surface area (Å²) in [5.41, 5.74) is 5.08. The highest BCUT2D eigenvalue weighted by Crippen LogP contribution is 2.39. The Kier molecular flexibility index (Phi) is 22.2. The first-order valence-corrected chi connectivity index (χ1v) is 25.1. The second-order valence-electron chi connectivity index (χ2n) is 18.2. The third kappa shape index (κ3) is 19.1. The molecule has 0 radical (unpaired) electrons. The summed E-state index contributed by atoms with van der Waals surface area (Å²) >= 11 is 1.56. The normalized spacial score (nSPS) is 15.4. The minimum absolute atomic E-state index is 0.0185. The summed E-state index contributed by atoms with van der Waals surface area (Å²) in [4.78, 5) is 67.2. The highest BCUT2D eigenvalue weighted by molar-refractivity contribution is 7.09. The van der Waals surface area contributed by atoms with E-state index in [9.17, 15) is 45.8 Å². The van der Waals surface area contributed by atoms with Crippen LogP contribution in [0.5, 0.6) is 11.5 Å². The van der Waals surface area contributed by atoms with Crippen molar-refractivity contribution in [2.45, 2.75) is 82.8 Å². The Morgan fingerprint density at radius 1 is 0.880 bits per heavy atom. The number of phenolic OH excluding ortho intramolecular Hbond substituents is 1. The molecule has 4 heterocycles. The first kappa shape index (κ1) is 59.5. The van der Waals surface area contributed by atoms with Gasteiger partial charge in [0.2, 0.25) is 5.91 Å². The molecule has 3 amide bonds. The molecule has 0 atom stereocenters. The van der Waals surface area contributed by atoms with Crippen molar-refractivity contribution in [3.63, 3.8) is 0 Å². The van der Waals surface area contributed by atoms with Gasteiger partial charge in [0.15, 0.2) is 12.4 Å². The van der Waals surface area contributed by atoms with Crippen LogP contribution >= 0.6 is 11.3 Å². The lowest BCUT2D eigenvalue weighted by Crippen LogP contribution is -2.58. The molecule has 4 aromatic rings. The Hall–Kier alpha value is -6.34. The first-order valence-electron chi connectivity index (χ1n) is 24.2. The van der Waals surface area contributed by atoms with Crippen molar-refractivity contribution in [3.05, 3.63) is 105 Å². The van der Waals surface area contributed by atoms with Crippen LogP contribution in [0.4, 0.5) is 32.0 Å². The fraction of sp³-hybridized carbons (Fsp3) is 0.490. The van der Waals surface area contributed by atoms with Gasteiger partial charge >= 0.3 is 24.3 Å². The number of carboxylic acids is 2. The predicted octanol–water partition coefficient (Wildman–Crippen LogP) is 6.93. The summed E-state index contributed by atoms with van der Waals surface area (Å²) < 4.78 is 81.4. The van der Waals surface area contributed by atoms with Crippen LogP contribution in [-0.2, 0) is 54.5 Å². The number of nitrogens with one attached hydrogen (secondary N) is 2. The quantitative estimate of drug-likeness (QED) is 0.0366. The predicted molar refractivity (Wildman–Crippen MR) is 264 cm³/mol. The van der Waals surface area contributed by atoms with Crippen molar-refractivity contribution in [1.29, 1.82) is 0 Å². The number of piperidine rings is 1. The summed E-state index contributed by atoms with van der Waals surface area (Å²) in [6.07, 6.45) is -5.67. The summed E-state index contributed by atoms with van der Waals surface area (Å²) in [5, 5.41) is 33.4. The monoisotopic (exact) mass is 1080 g/mol. The lowest BCUT2D eigenvalue weighted by molar-refractivity contribution is -0.193. The van der Waals surface area contributed by atoms with Gasteiger partial charge in [0.25, 0.3) is 11.8 Å². The zero-order valence-corrected chi connectivity index (χ0v) is 42.3. The van der Waals surface area contributed by atoms with Crippen LogP contribution in [0.1, 0.15) is 76.8 Å². The maximum Gasteiger partial charge on any atom is 0.490 e. The van der Waals surface area contributed by atoms with Gasteiger partial charge in [-0.2, -0.15) is 26.3 Å². The molecule has 3 aromatic carbocycles. The van der Waals surface area contributed by atoms with E-state index in [1.54, 1.807) is 23.5 Å². The molecule has 2 fully saturated rings. The molecule has 0 unspecified atom stereocenters. The first-order chi connectivity index (χ1) is 35.5. The van der Waals surface area contributed by atoms with E-state index in [-0.39, 0.29) is 35.7 Å². The third-order valence-corrected chi connectivity index (χ3v) is 13.4. The van der Waals surface area contributed by atoms with Gasteiger partial charge in [-0.15, -0.1) is 11.3 Å². The highest BCUT2D eigenvalue weighted by Gasteiger charge is 2.42.